The van der Waals surface area contributed by atoms with Gasteiger partial charge in [0.15, 0.2) is 0 Å². The maximum absolute atomic E-state index is 12.3. The molecule has 0 aromatic rings. The Labute approximate surface area is 117 Å². The minimum atomic E-state index is -0.474. The Morgan fingerprint density at radius 2 is 1.85 bits per heavy atom. The summed E-state index contributed by atoms with van der Waals surface area (Å²) in [5.74, 6) is -1.37. The quantitative estimate of drug-likeness (QED) is 0.671. The van der Waals surface area contributed by atoms with Crippen LogP contribution in [0.25, 0.3) is 0 Å². The number of nitrogens with zero attached hydrogens (tertiary/aromatic N) is 2. The minimum Gasteiger partial charge on any atom is -0.342 e. The van der Waals surface area contributed by atoms with Gasteiger partial charge in [0.05, 0.1) is 5.92 Å². The number of nitrogens with one attached hydrogen (secondary N) is 1. The molecular weight excluding hydrogens is 262 g/mol. The molecule has 0 radical (unpaired) electrons. The number of piperazine rings is 1. The summed E-state index contributed by atoms with van der Waals surface area (Å²) < 4.78 is 0. The number of amides is 4. The molecule has 0 saturated carbocycles. The average molecular weight is 281 g/mol. The van der Waals surface area contributed by atoms with Gasteiger partial charge in [0, 0.05) is 19.5 Å². The topological polar surface area (TPSA) is 86.8 Å². The molecule has 0 spiro atoms. The number of imide groups is 1. The normalized spacial score (nSPS) is 23.6. The highest BCUT2D eigenvalue weighted by Gasteiger charge is 2.38. The Kier molecular flexibility index (Phi) is 4.06. The van der Waals surface area contributed by atoms with Crippen LogP contribution in [-0.2, 0) is 19.2 Å². The Morgan fingerprint density at radius 1 is 1.25 bits per heavy atom. The van der Waals surface area contributed by atoms with Crippen LogP contribution in [0.15, 0.2) is 0 Å². The molecule has 2 heterocycles. The summed E-state index contributed by atoms with van der Waals surface area (Å²) >= 11 is 0. The molecule has 7 heteroatoms. The SMILES string of the molecule is CC(C)CN1CC(C(=O)N2CC(=O)NC(=O)C2)CC1=O. The van der Waals surface area contributed by atoms with Crippen LogP contribution in [0.5, 0.6) is 0 Å². The van der Waals surface area contributed by atoms with Crippen LogP contribution < -0.4 is 5.32 Å². The molecule has 1 unspecified atom stereocenters. The lowest BCUT2D eigenvalue weighted by Crippen LogP contribution is -2.54. The van der Waals surface area contributed by atoms with Crippen molar-refractivity contribution in [2.45, 2.75) is 20.3 Å². The van der Waals surface area contributed by atoms with E-state index in [1.54, 1.807) is 4.90 Å². The second-order valence-electron chi connectivity index (χ2n) is 5.76. The molecule has 0 bridgehead atoms. The number of rotatable bonds is 3. The van der Waals surface area contributed by atoms with Crippen molar-refractivity contribution >= 4 is 23.6 Å². The van der Waals surface area contributed by atoms with E-state index in [9.17, 15) is 19.2 Å². The van der Waals surface area contributed by atoms with E-state index in [2.05, 4.69) is 5.32 Å². The minimum absolute atomic E-state index is 0.0372. The van der Waals surface area contributed by atoms with Gasteiger partial charge in [0.1, 0.15) is 13.1 Å². The maximum atomic E-state index is 12.3. The lowest BCUT2D eigenvalue weighted by molar-refractivity contribution is -0.147. The first kappa shape index (κ1) is 14.5. The Morgan fingerprint density at radius 3 is 2.40 bits per heavy atom. The van der Waals surface area contributed by atoms with E-state index in [1.165, 1.54) is 4.90 Å². The molecule has 20 heavy (non-hydrogen) atoms. The summed E-state index contributed by atoms with van der Waals surface area (Å²) in [4.78, 5) is 49.6. The smallest absolute Gasteiger partial charge is 0.246 e. The van der Waals surface area contributed by atoms with Crippen molar-refractivity contribution in [2.24, 2.45) is 11.8 Å². The highest BCUT2D eigenvalue weighted by molar-refractivity contribution is 6.03. The largest absolute Gasteiger partial charge is 0.342 e. The zero-order valence-electron chi connectivity index (χ0n) is 11.7. The highest BCUT2D eigenvalue weighted by Crippen LogP contribution is 2.21. The summed E-state index contributed by atoms with van der Waals surface area (Å²) in [6.07, 6.45) is 0.165. The molecule has 1 atom stereocenters. The Hall–Kier alpha value is -1.92. The highest BCUT2D eigenvalue weighted by atomic mass is 16.2. The van der Waals surface area contributed by atoms with E-state index in [0.29, 0.717) is 19.0 Å². The number of carbonyl (C=O) groups excluding carboxylic acids is 4. The van der Waals surface area contributed by atoms with Crippen molar-refractivity contribution in [3.05, 3.63) is 0 Å². The molecule has 2 rings (SSSR count). The summed E-state index contributed by atoms with van der Waals surface area (Å²) in [6.45, 7) is 4.80. The van der Waals surface area contributed by atoms with E-state index < -0.39 is 17.7 Å². The number of likely N-dealkylation sites (tertiary alicyclic amines) is 1. The summed E-state index contributed by atoms with van der Waals surface area (Å²) in [7, 11) is 0. The molecule has 2 saturated heterocycles. The molecule has 0 aromatic carbocycles. The van der Waals surface area contributed by atoms with Crippen LogP contribution >= 0.6 is 0 Å². The molecule has 2 aliphatic heterocycles. The van der Waals surface area contributed by atoms with Crippen molar-refractivity contribution in [3.63, 3.8) is 0 Å². The zero-order chi connectivity index (χ0) is 14.9. The van der Waals surface area contributed by atoms with E-state index in [4.69, 9.17) is 0 Å². The predicted octanol–water partition coefficient (Wildman–Crippen LogP) is -1.02. The second kappa shape index (κ2) is 5.60. The Balaban J connectivity index is 1.98. The molecule has 0 aromatic heterocycles. The van der Waals surface area contributed by atoms with Gasteiger partial charge in [0.25, 0.3) is 0 Å². The molecule has 2 fully saturated rings. The molecule has 7 nitrogen and oxygen atoms in total. The van der Waals surface area contributed by atoms with Gasteiger partial charge in [0.2, 0.25) is 23.6 Å². The van der Waals surface area contributed by atoms with Crippen LogP contribution in [0.1, 0.15) is 20.3 Å². The van der Waals surface area contributed by atoms with Gasteiger partial charge < -0.3 is 9.80 Å². The third kappa shape index (κ3) is 3.15. The van der Waals surface area contributed by atoms with Crippen LogP contribution in [0.2, 0.25) is 0 Å². The first-order chi connectivity index (χ1) is 9.36. The van der Waals surface area contributed by atoms with E-state index >= 15 is 0 Å². The van der Waals surface area contributed by atoms with Crippen molar-refractivity contribution in [1.29, 1.82) is 0 Å². The van der Waals surface area contributed by atoms with Crippen LogP contribution in [0.4, 0.5) is 0 Å². The van der Waals surface area contributed by atoms with Gasteiger partial charge in [-0.15, -0.1) is 0 Å². The monoisotopic (exact) mass is 281 g/mol. The molecule has 0 aliphatic carbocycles. The van der Waals surface area contributed by atoms with E-state index in [-0.39, 0.29) is 31.3 Å². The van der Waals surface area contributed by atoms with Gasteiger partial charge in [-0.05, 0) is 5.92 Å². The van der Waals surface area contributed by atoms with Gasteiger partial charge in [-0.25, -0.2) is 0 Å². The first-order valence-corrected chi connectivity index (χ1v) is 6.76. The Bertz CT molecular complexity index is 445. The van der Waals surface area contributed by atoms with Crippen molar-refractivity contribution in [3.8, 4) is 0 Å². The maximum Gasteiger partial charge on any atom is 0.246 e. The fraction of sp³-hybridized carbons (Fsp3) is 0.692. The lowest BCUT2D eigenvalue weighted by Gasteiger charge is -2.27. The third-order valence-corrected chi connectivity index (χ3v) is 3.41. The van der Waals surface area contributed by atoms with E-state index in [1.807, 2.05) is 13.8 Å². The van der Waals surface area contributed by atoms with Crippen LogP contribution in [0.3, 0.4) is 0 Å². The van der Waals surface area contributed by atoms with Crippen LogP contribution in [-0.4, -0.2) is 59.6 Å². The molecule has 4 amide bonds. The second-order valence-corrected chi connectivity index (χ2v) is 5.76. The third-order valence-electron chi connectivity index (χ3n) is 3.41. The zero-order valence-corrected chi connectivity index (χ0v) is 11.7. The number of hydrogen-bond donors (Lipinski definition) is 1. The summed E-state index contributed by atoms with van der Waals surface area (Å²) in [6, 6.07) is 0. The first-order valence-electron chi connectivity index (χ1n) is 6.76. The van der Waals surface area contributed by atoms with E-state index in [0.717, 1.165) is 0 Å². The molecule has 110 valence electrons. The fourth-order valence-corrected chi connectivity index (χ4v) is 2.61. The van der Waals surface area contributed by atoms with Crippen molar-refractivity contribution in [2.75, 3.05) is 26.2 Å². The standard InChI is InChI=1S/C13H19N3O4/c1-8(2)4-15-5-9(3-12(15)19)13(20)16-6-10(17)14-11(18)7-16/h8-9H,3-7H2,1-2H3,(H,14,17,18). The summed E-state index contributed by atoms with van der Waals surface area (Å²) in [5, 5.41) is 2.15. The summed E-state index contributed by atoms with van der Waals surface area (Å²) in [5.41, 5.74) is 0. The van der Waals surface area contributed by atoms with Gasteiger partial charge >= 0.3 is 0 Å². The van der Waals surface area contributed by atoms with Crippen LogP contribution in [0, 0.1) is 11.8 Å². The van der Waals surface area contributed by atoms with Gasteiger partial charge in [-0.2, -0.15) is 0 Å². The predicted molar refractivity (Wildman–Crippen MR) is 69.3 cm³/mol. The van der Waals surface area contributed by atoms with Gasteiger partial charge in [-0.1, -0.05) is 13.8 Å². The molecule has 2 aliphatic rings. The van der Waals surface area contributed by atoms with Crippen molar-refractivity contribution in [1.82, 2.24) is 15.1 Å². The number of hydrogen-bond acceptors (Lipinski definition) is 4. The average Bonchev–Trinajstić information content (AvgIpc) is 2.68. The number of carbonyl (C=O) groups is 4. The molecule has 1 N–H and O–H groups in total. The van der Waals surface area contributed by atoms with Crippen molar-refractivity contribution < 1.29 is 19.2 Å². The molecular formula is C13H19N3O4. The fourth-order valence-electron chi connectivity index (χ4n) is 2.61. The van der Waals surface area contributed by atoms with Gasteiger partial charge in [-0.3, -0.25) is 24.5 Å². The lowest BCUT2D eigenvalue weighted by atomic mass is 10.1.